The van der Waals surface area contributed by atoms with E-state index in [0.29, 0.717) is 3.20 Å². The second-order valence-electron chi connectivity index (χ2n) is 3.38. The van der Waals surface area contributed by atoms with Crippen molar-refractivity contribution in [2.75, 3.05) is 0 Å². The fourth-order valence-electron chi connectivity index (χ4n) is 1.37. The summed E-state index contributed by atoms with van der Waals surface area (Å²) in [6, 6.07) is 9.23. The third-order valence-corrected chi connectivity index (χ3v) is 7.72. The maximum absolute atomic E-state index is 11.5. The third-order valence-electron chi connectivity index (χ3n) is 2.16. The molecule has 0 radical (unpaired) electrons. The molecular formula is C10H9HgN2O4+. The van der Waals surface area contributed by atoms with Gasteiger partial charge in [-0.15, -0.1) is 0 Å². The Labute approximate surface area is 109 Å². The first-order valence-corrected chi connectivity index (χ1v) is 9.99. The van der Waals surface area contributed by atoms with E-state index in [1.807, 2.05) is 30.3 Å². The van der Waals surface area contributed by atoms with Crippen LogP contribution in [0.1, 0.15) is 6.92 Å². The Bertz CT molecular complexity index is 575. The molecule has 1 N–H and O–H groups in total. The molecule has 0 aliphatic heterocycles. The van der Waals surface area contributed by atoms with Crippen LogP contribution in [0.15, 0.2) is 39.6 Å². The van der Waals surface area contributed by atoms with Crippen LogP contribution in [0.3, 0.4) is 0 Å². The van der Waals surface area contributed by atoms with Crippen LogP contribution in [0.5, 0.6) is 0 Å². The molecule has 17 heavy (non-hydrogen) atoms. The zero-order valence-corrected chi connectivity index (χ0v) is 14.7. The van der Waals surface area contributed by atoms with Gasteiger partial charge < -0.3 is 0 Å². The quantitative estimate of drug-likeness (QED) is 0.532. The van der Waals surface area contributed by atoms with Crippen molar-refractivity contribution in [2.45, 2.75) is 6.92 Å². The topological polar surface area (TPSA) is 76.2 Å². The zero-order valence-electron chi connectivity index (χ0n) is 9.17. The first-order chi connectivity index (χ1) is 8.18. The molecule has 0 bridgehead atoms. The molecular weight excluding hydrogens is 413 g/mol. The molecule has 0 aliphatic rings. The van der Waals surface area contributed by atoms with Crippen LogP contribution in [0.25, 0.3) is 5.69 Å². The summed E-state index contributed by atoms with van der Waals surface area (Å²) in [6.45, 7) is 1.33. The van der Waals surface area contributed by atoms with Crippen molar-refractivity contribution >= 4 is 9.17 Å². The Morgan fingerprint density at radius 3 is 2.76 bits per heavy atom. The van der Waals surface area contributed by atoms with Crippen molar-refractivity contribution in [1.82, 2.24) is 5.27 Å². The Kier molecular flexibility index (Phi) is 3.73. The second kappa shape index (κ2) is 5.26. The zero-order chi connectivity index (χ0) is 12.3. The van der Waals surface area contributed by atoms with E-state index in [0.717, 1.165) is 5.69 Å². The number of carbonyl (C=O) groups is 1. The third kappa shape index (κ3) is 2.82. The van der Waals surface area contributed by atoms with Crippen molar-refractivity contribution in [1.29, 1.82) is 0 Å². The molecule has 0 unspecified atom stereocenters. The Hall–Kier alpha value is -1.43. The minimum absolute atomic E-state index is 0.355. The fourth-order valence-corrected chi connectivity index (χ4v) is 4.89. The van der Waals surface area contributed by atoms with Crippen LogP contribution < -0.4 is 13.5 Å². The number of nitrogens with zero attached hydrogens (tertiary/aromatic N) is 1. The van der Waals surface area contributed by atoms with E-state index in [9.17, 15) is 9.59 Å². The molecule has 2 rings (SSSR count). The van der Waals surface area contributed by atoms with Crippen molar-refractivity contribution in [3.8, 4) is 5.69 Å². The average molecular weight is 422 g/mol. The van der Waals surface area contributed by atoms with Gasteiger partial charge in [-0.3, -0.25) is 0 Å². The first-order valence-electron chi connectivity index (χ1n) is 4.99. The van der Waals surface area contributed by atoms with Crippen LogP contribution >= 0.6 is 0 Å². The van der Waals surface area contributed by atoms with E-state index < -0.39 is 30.7 Å². The van der Waals surface area contributed by atoms with Gasteiger partial charge in [0.2, 0.25) is 0 Å². The number of H-pyrrole nitrogens is 1. The monoisotopic (exact) mass is 423 g/mol. The number of hydrogen-bond donors (Lipinski definition) is 1. The number of aromatic nitrogens is 2. The molecule has 84 valence electrons. The molecule has 1 aromatic heterocycles. The molecule has 1 aromatic carbocycles. The van der Waals surface area contributed by atoms with E-state index in [4.69, 9.17) is 7.17 Å². The van der Waals surface area contributed by atoms with Crippen molar-refractivity contribution in [3.63, 3.8) is 0 Å². The number of para-hydroxylation sites is 1. The molecule has 6 nitrogen and oxygen atoms in total. The summed E-state index contributed by atoms with van der Waals surface area (Å²) in [5.74, 6) is -0.355. The number of carbonyl (C=O) groups excluding carboxylic acids is 1. The van der Waals surface area contributed by atoms with Crippen LogP contribution in [0.4, 0.5) is 0 Å². The van der Waals surface area contributed by atoms with E-state index in [1.54, 1.807) is 0 Å². The van der Waals surface area contributed by atoms with Gasteiger partial charge in [0, 0.05) is 0 Å². The van der Waals surface area contributed by atoms with Gasteiger partial charge >= 0.3 is 109 Å². The van der Waals surface area contributed by atoms with Gasteiger partial charge in [-0.2, -0.15) is 0 Å². The summed E-state index contributed by atoms with van der Waals surface area (Å²) in [5, 5.41) is 2.51. The van der Waals surface area contributed by atoms with Gasteiger partial charge in [0.25, 0.3) is 0 Å². The summed E-state index contributed by atoms with van der Waals surface area (Å²) in [4.78, 5) is 22.3. The molecule has 0 amide bonds. The summed E-state index contributed by atoms with van der Waals surface area (Å²) < 4.78 is 11.7. The number of nitrogens with one attached hydrogen (secondary N) is 1. The normalized spacial score (nSPS) is 9.71. The van der Waals surface area contributed by atoms with Gasteiger partial charge in [-0.25, -0.2) is 0 Å². The summed E-state index contributed by atoms with van der Waals surface area (Å²) in [7, 11) is 0. The number of hydrogen-bond acceptors (Lipinski definition) is 4. The average Bonchev–Trinajstić information content (AvgIpc) is 2.69. The molecule has 0 saturated heterocycles. The predicted molar refractivity (Wildman–Crippen MR) is 52.3 cm³/mol. The Morgan fingerprint density at radius 2 is 2.12 bits per heavy atom. The predicted octanol–water partition coefficient (Wildman–Crippen LogP) is -0.570. The van der Waals surface area contributed by atoms with E-state index >= 15 is 0 Å². The first kappa shape index (κ1) is 12.0. The summed E-state index contributed by atoms with van der Waals surface area (Å²) >= 11 is -2.23. The Morgan fingerprint density at radius 1 is 1.41 bits per heavy atom. The second-order valence-corrected chi connectivity index (χ2v) is 8.23. The molecule has 0 fully saturated rings. The molecule has 7 heteroatoms. The summed E-state index contributed by atoms with van der Waals surface area (Å²) in [5.41, 5.74) is 0.317. The molecule has 0 aliphatic carbocycles. The van der Waals surface area contributed by atoms with Crippen molar-refractivity contribution in [3.05, 3.63) is 40.8 Å². The molecule has 0 spiro atoms. The van der Waals surface area contributed by atoms with E-state index in [2.05, 4.69) is 5.27 Å². The van der Waals surface area contributed by atoms with Gasteiger partial charge in [0.05, 0.1) is 0 Å². The SMILES string of the molecule is CC(=O)[O][Hg][c]1c(=O)o[nH][n+]1-c1ccccc1. The maximum atomic E-state index is 11.5. The van der Waals surface area contributed by atoms with Gasteiger partial charge in [-0.1, -0.05) is 0 Å². The minimum atomic E-state index is -2.23. The molecule has 0 atom stereocenters. The molecule has 0 saturated carbocycles. The standard InChI is InChI=1S/C8H6N2O2.C2H4O2.Hg/c11-8-6-10(9-12-8)7-4-2-1-3-5-7;1-2(3)4;/h1-5,9H;1H3,(H,3,4);/q+1;;+1/p-1. The molecule has 1 heterocycles. The van der Waals surface area contributed by atoms with Crippen LogP contribution in [0.2, 0.25) is 0 Å². The van der Waals surface area contributed by atoms with Crippen LogP contribution in [-0.4, -0.2) is 11.2 Å². The van der Waals surface area contributed by atoms with Crippen LogP contribution in [0, 0.1) is 0 Å². The van der Waals surface area contributed by atoms with Crippen molar-refractivity contribution < 1.29 is 41.7 Å². The summed E-state index contributed by atoms with van der Waals surface area (Å²) in [6.07, 6.45) is 0. The van der Waals surface area contributed by atoms with E-state index in [1.165, 1.54) is 11.6 Å². The Balaban J connectivity index is 2.36. The number of aromatic amines is 1. The fraction of sp³-hybridized carbons (Fsp3) is 0.100. The van der Waals surface area contributed by atoms with Gasteiger partial charge in [0.15, 0.2) is 0 Å². The van der Waals surface area contributed by atoms with E-state index in [-0.39, 0.29) is 5.97 Å². The van der Waals surface area contributed by atoms with Crippen molar-refractivity contribution in [2.24, 2.45) is 0 Å². The van der Waals surface area contributed by atoms with Crippen LogP contribution in [-0.2, 0) is 32.5 Å². The van der Waals surface area contributed by atoms with Gasteiger partial charge in [-0.05, 0) is 0 Å². The van der Waals surface area contributed by atoms with Gasteiger partial charge in [0.1, 0.15) is 0 Å². The molecule has 2 aromatic rings. The number of benzene rings is 1. The number of rotatable bonds is 3.